The fourth-order valence-corrected chi connectivity index (χ4v) is 2.62. The molecule has 0 heterocycles. The van der Waals surface area contributed by atoms with Crippen LogP contribution in [0.4, 0.5) is 5.69 Å². The highest BCUT2D eigenvalue weighted by Crippen LogP contribution is 2.27. The van der Waals surface area contributed by atoms with Gasteiger partial charge in [0, 0.05) is 30.4 Å². The molecule has 0 amide bonds. The van der Waals surface area contributed by atoms with E-state index >= 15 is 0 Å². The number of phenolic OH excluding ortho intramolecular Hbond substituents is 1. The molecule has 0 aliphatic heterocycles. The highest BCUT2D eigenvalue weighted by molar-refractivity contribution is 6.15. The van der Waals surface area contributed by atoms with Gasteiger partial charge in [0.1, 0.15) is 5.75 Å². The number of aromatic carboxylic acids is 1. The van der Waals surface area contributed by atoms with Gasteiger partial charge < -0.3 is 20.2 Å². The minimum absolute atomic E-state index is 0.0127. The van der Waals surface area contributed by atoms with Crippen molar-refractivity contribution in [3.63, 3.8) is 0 Å². The number of aliphatic carboxylic acids is 1. The first kappa shape index (κ1) is 19.0. The Bertz CT molecular complexity index is 846. The second-order valence-corrected chi connectivity index (χ2v) is 5.60. The molecule has 2 aromatic rings. The lowest BCUT2D eigenvalue weighted by Gasteiger charge is -2.23. The zero-order valence-electron chi connectivity index (χ0n) is 14.2. The predicted molar refractivity (Wildman–Crippen MR) is 95.1 cm³/mol. The molecule has 0 aliphatic carbocycles. The zero-order chi connectivity index (χ0) is 19.3. The molecule has 3 N–H and O–H groups in total. The third-order valence-electron chi connectivity index (χ3n) is 3.97. The quantitative estimate of drug-likeness (QED) is 0.622. The van der Waals surface area contributed by atoms with Crippen LogP contribution in [0.3, 0.4) is 0 Å². The number of hydrogen-bond acceptors (Lipinski definition) is 5. The number of hydrogen-bond donors (Lipinski definition) is 3. The molecule has 136 valence electrons. The summed E-state index contributed by atoms with van der Waals surface area (Å²) in [5.41, 5.74) is 0.407. The lowest BCUT2D eigenvalue weighted by Crippen LogP contribution is -2.25. The van der Waals surface area contributed by atoms with Gasteiger partial charge >= 0.3 is 11.9 Å². The average Bonchev–Trinajstić information content (AvgIpc) is 2.61. The van der Waals surface area contributed by atoms with Crippen LogP contribution in [0.1, 0.15) is 39.6 Å². The topological polar surface area (TPSA) is 115 Å². The largest absolute Gasteiger partial charge is 0.507 e. The number of anilines is 1. The van der Waals surface area contributed by atoms with Crippen LogP contribution in [0, 0.1) is 0 Å². The Morgan fingerprint density at radius 1 is 0.962 bits per heavy atom. The maximum atomic E-state index is 12.6. The van der Waals surface area contributed by atoms with E-state index in [0.29, 0.717) is 12.2 Å². The fourth-order valence-electron chi connectivity index (χ4n) is 2.62. The van der Waals surface area contributed by atoms with Crippen LogP contribution in [0.5, 0.6) is 5.75 Å². The van der Waals surface area contributed by atoms with Gasteiger partial charge in [0.25, 0.3) is 0 Å². The molecule has 0 saturated carbocycles. The predicted octanol–water partition coefficient (Wildman–Crippen LogP) is 2.62. The zero-order valence-corrected chi connectivity index (χ0v) is 14.2. The number of nitrogens with zero attached hydrogens (tertiary/aromatic N) is 1. The monoisotopic (exact) mass is 357 g/mol. The van der Waals surface area contributed by atoms with Crippen LogP contribution in [-0.4, -0.2) is 46.1 Å². The van der Waals surface area contributed by atoms with E-state index in [9.17, 15) is 24.6 Å². The molecule has 0 bridgehead atoms. The highest BCUT2D eigenvalue weighted by atomic mass is 16.4. The number of rotatable bonds is 8. The standard InChI is InChI=1S/C19H19NO6/c1-2-20(10-9-17(22)23)12-7-8-15(16(21)11-12)18(24)13-5-3-4-6-14(13)19(25)26/h3-8,11,21H,2,9-10H2,1H3,(H,22,23)(H,25,26). The first-order valence-corrected chi connectivity index (χ1v) is 8.02. The first-order valence-electron chi connectivity index (χ1n) is 8.02. The van der Waals surface area contributed by atoms with Gasteiger partial charge in [0.15, 0.2) is 5.78 Å². The van der Waals surface area contributed by atoms with Gasteiger partial charge in [-0.3, -0.25) is 9.59 Å². The van der Waals surface area contributed by atoms with Crippen molar-refractivity contribution in [2.75, 3.05) is 18.0 Å². The van der Waals surface area contributed by atoms with Gasteiger partial charge in [0.05, 0.1) is 17.5 Å². The molecular weight excluding hydrogens is 338 g/mol. The molecule has 7 heteroatoms. The van der Waals surface area contributed by atoms with Gasteiger partial charge in [-0.1, -0.05) is 18.2 Å². The van der Waals surface area contributed by atoms with E-state index in [-0.39, 0.29) is 35.4 Å². The molecule has 0 spiro atoms. The van der Waals surface area contributed by atoms with Gasteiger partial charge in [-0.2, -0.15) is 0 Å². The van der Waals surface area contributed by atoms with Crippen molar-refractivity contribution in [2.45, 2.75) is 13.3 Å². The second kappa shape index (κ2) is 8.15. The van der Waals surface area contributed by atoms with E-state index in [0.717, 1.165) is 0 Å². The number of carbonyl (C=O) groups is 3. The number of ketones is 1. The molecular formula is C19H19NO6. The SMILES string of the molecule is CCN(CCC(=O)O)c1ccc(C(=O)c2ccccc2C(=O)O)c(O)c1. The Hall–Kier alpha value is -3.35. The lowest BCUT2D eigenvalue weighted by molar-refractivity contribution is -0.136. The summed E-state index contributed by atoms with van der Waals surface area (Å²) in [7, 11) is 0. The van der Waals surface area contributed by atoms with Gasteiger partial charge in [-0.05, 0) is 25.1 Å². The Morgan fingerprint density at radius 2 is 1.62 bits per heavy atom. The van der Waals surface area contributed by atoms with Gasteiger partial charge in [-0.15, -0.1) is 0 Å². The summed E-state index contributed by atoms with van der Waals surface area (Å²) in [6.45, 7) is 2.64. The van der Waals surface area contributed by atoms with Crippen LogP contribution in [-0.2, 0) is 4.79 Å². The average molecular weight is 357 g/mol. The van der Waals surface area contributed by atoms with Gasteiger partial charge in [0.2, 0.25) is 0 Å². The third kappa shape index (κ3) is 4.18. The third-order valence-corrected chi connectivity index (χ3v) is 3.97. The van der Waals surface area contributed by atoms with E-state index < -0.39 is 17.7 Å². The Morgan fingerprint density at radius 3 is 2.15 bits per heavy atom. The van der Waals surface area contributed by atoms with Crippen molar-refractivity contribution in [2.24, 2.45) is 0 Å². The molecule has 0 unspecified atom stereocenters. The lowest BCUT2D eigenvalue weighted by atomic mass is 9.97. The molecule has 26 heavy (non-hydrogen) atoms. The Labute approximate surface area is 150 Å². The Kier molecular flexibility index (Phi) is 5.95. The van der Waals surface area contributed by atoms with E-state index in [1.54, 1.807) is 17.0 Å². The van der Waals surface area contributed by atoms with Gasteiger partial charge in [-0.25, -0.2) is 4.79 Å². The molecule has 0 radical (unpaired) electrons. The summed E-state index contributed by atoms with van der Waals surface area (Å²) in [4.78, 5) is 36.4. The summed E-state index contributed by atoms with van der Waals surface area (Å²) in [5, 5.41) is 28.3. The molecule has 7 nitrogen and oxygen atoms in total. The molecule has 0 saturated heterocycles. The molecule has 0 fully saturated rings. The second-order valence-electron chi connectivity index (χ2n) is 5.60. The summed E-state index contributed by atoms with van der Waals surface area (Å²) in [5.74, 6) is -3.04. The van der Waals surface area contributed by atoms with Crippen molar-refractivity contribution >= 4 is 23.4 Å². The summed E-state index contributed by atoms with van der Waals surface area (Å²) >= 11 is 0. The minimum atomic E-state index is -1.23. The normalized spacial score (nSPS) is 10.3. The van der Waals surface area contributed by atoms with Crippen molar-refractivity contribution in [1.29, 1.82) is 0 Å². The first-order chi connectivity index (χ1) is 12.3. The van der Waals surface area contributed by atoms with E-state index in [1.165, 1.54) is 30.3 Å². The van der Waals surface area contributed by atoms with E-state index in [4.69, 9.17) is 5.11 Å². The molecule has 0 atom stereocenters. The summed E-state index contributed by atoms with van der Waals surface area (Å²) < 4.78 is 0. The number of carbonyl (C=O) groups excluding carboxylic acids is 1. The number of benzene rings is 2. The van der Waals surface area contributed by atoms with Crippen molar-refractivity contribution in [1.82, 2.24) is 0 Å². The smallest absolute Gasteiger partial charge is 0.336 e. The fraction of sp³-hybridized carbons (Fsp3) is 0.211. The van der Waals surface area contributed by atoms with Crippen molar-refractivity contribution in [3.8, 4) is 5.75 Å². The minimum Gasteiger partial charge on any atom is -0.507 e. The van der Waals surface area contributed by atoms with Crippen LogP contribution in [0.15, 0.2) is 42.5 Å². The summed E-state index contributed by atoms with van der Waals surface area (Å²) in [6, 6.07) is 10.2. The van der Waals surface area contributed by atoms with Crippen LogP contribution in [0.25, 0.3) is 0 Å². The number of carboxylic acids is 2. The Balaban J connectivity index is 2.34. The van der Waals surface area contributed by atoms with Crippen LogP contribution < -0.4 is 4.90 Å². The maximum Gasteiger partial charge on any atom is 0.336 e. The van der Waals surface area contributed by atoms with Crippen molar-refractivity contribution < 1.29 is 29.7 Å². The van der Waals surface area contributed by atoms with Crippen LogP contribution in [0.2, 0.25) is 0 Å². The van der Waals surface area contributed by atoms with E-state index in [1.807, 2.05) is 6.92 Å². The summed E-state index contributed by atoms with van der Waals surface area (Å²) in [6.07, 6.45) is -0.0543. The molecule has 0 aromatic heterocycles. The van der Waals surface area contributed by atoms with E-state index in [2.05, 4.69) is 0 Å². The molecule has 2 aromatic carbocycles. The number of carboxylic acid groups (broad SMARTS) is 2. The number of aromatic hydroxyl groups is 1. The molecule has 0 aliphatic rings. The van der Waals surface area contributed by atoms with Crippen LogP contribution >= 0.6 is 0 Å². The van der Waals surface area contributed by atoms with Crippen molar-refractivity contribution in [3.05, 3.63) is 59.2 Å². The maximum absolute atomic E-state index is 12.6. The highest BCUT2D eigenvalue weighted by Gasteiger charge is 2.20. The number of phenols is 1. The molecule has 2 rings (SSSR count).